The van der Waals surface area contributed by atoms with Crippen LogP contribution in [0, 0.1) is 0 Å². The van der Waals surface area contributed by atoms with Crippen LogP contribution < -0.4 is 10.6 Å². The van der Waals surface area contributed by atoms with E-state index in [1.54, 1.807) is 10.6 Å². The molecule has 188 valence electrons. The van der Waals surface area contributed by atoms with Gasteiger partial charge in [-0.2, -0.15) is 5.10 Å². The number of amides is 1. The normalized spacial score (nSPS) is 14.4. The van der Waals surface area contributed by atoms with E-state index in [1.807, 2.05) is 41.2 Å². The van der Waals surface area contributed by atoms with Crippen LogP contribution in [0.3, 0.4) is 0 Å². The summed E-state index contributed by atoms with van der Waals surface area (Å²) in [4.78, 5) is 24.9. The molecule has 1 aromatic carbocycles. The summed E-state index contributed by atoms with van der Waals surface area (Å²) in [5, 5.41) is 12.4. The van der Waals surface area contributed by atoms with Crippen LogP contribution in [0.1, 0.15) is 34.5 Å². The van der Waals surface area contributed by atoms with Gasteiger partial charge in [0, 0.05) is 44.3 Å². The minimum absolute atomic E-state index is 0.205. The van der Waals surface area contributed by atoms with Gasteiger partial charge in [0.1, 0.15) is 11.3 Å². The molecule has 1 aliphatic rings. The van der Waals surface area contributed by atoms with E-state index in [-0.39, 0.29) is 5.91 Å². The second kappa shape index (κ2) is 10.1. The first-order valence-electron chi connectivity index (χ1n) is 12.8. The summed E-state index contributed by atoms with van der Waals surface area (Å²) in [7, 11) is 0. The minimum Gasteiger partial charge on any atom is -0.320 e. The third-order valence-electron chi connectivity index (χ3n) is 6.85. The maximum atomic E-state index is 13.2. The Kier molecular flexibility index (Phi) is 6.38. The number of nitrogens with zero attached hydrogens (tertiary/aromatic N) is 6. The maximum absolute atomic E-state index is 13.2. The zero-order valence-corrected chi connectivity index (χ0v) is 20.9. The SMILES string of the molecule is CCc1nn(Cc2cccc(CN3CCNCC3)n2)c2cccc(NC(=O)c3cnc4ccccn34)c12. The van der Waals surface area contributed by atoms with Crippen molar-refractivity contribution in [3.05, 3.63) is 89.8 Å². The van der Waals surface area contributed by atoms with E-state index in [1.165, 1.54) is 0 Å². The highest BCUT2D eigenvalue weighted by Gasteiger charge is 2.18. The molecule has 1 amide bonds. The van der Waals surface area contributed by atoms with Crippen LogP contribution >= 0.6 is 0 Å². The van der Waals surface area contributed by atoms with E-state index < -0.39 is 0 Å². The minimum atomic E-state index is -0.205. The van der Waals surface area contributed by atoms with Crippen molar-refractivity contribution >= 4 is 28.1 Å². The number of carbonyl (C=O) groups is 1. The monoisotopic (exact) mass is 494 g/mol. The van der Waals surface area contributed by atoms with Crippen molar-refractivity contribution in [1.29, 1.82) is 0 Å². The molecule has 1 aliphatic heterocycles. The summed E-state index contributed by atoms with van der Waals surface area (Å²) in [6, 6.07) is 17.8. The summed E-state index contributed by atoms with van der Waals surface area (Å²) in [6.45, 7) is 7.63. The third-order valence-corrected chi connectivity index (χ3v) is 6.85. The molecule has 0 unspecified atom stereocenters. The maximum Gasteiger partial charge on any atom is 0.274 e. The molecule has 37 heavy (non-hydrogen) atoms. The van der Waals surface area contributed by atoms with E-state index in [0.717, 1.165) is 78.5 Å². The van der Waals surface area contributed by atoms with Gasteiger partial charge in [0.15, 0.2) is 0 Å². The number of benzene rings is 1. The predicted octanol–water partition coefficient (Wildman–Crippen LogP) is 3.35. The van der Waals surface area contributed by atoms with Crippen molar-refractivity contribution in [2.45, 2.75) is 26.4 Å². The molecule has 1 fully saturated rings. The van der Waals surface area contributed by atoms with Crippen molar-refractivity contribution in [2.75, 3.05) is 31.5 Å². The summed E-state index contributed by atoms with van der Waals surface area (Å²) in [5.74, 6) is -0.205. The summed E-state index contributed by atoms with van der Waals surface area (Å²) >= 11 is 0. The number of rotatable bonds is 7. The number of pyridine rings is 2. The number of fused-ring (bicyclic) bond motifs is 2. The summed E-state index contributed by atoms with van der Waals surface area (Å²) in [5.41, 5.74) is 5.94. The van der Waals surface area contributed by atoms with E-state index in [0.29, 0.717) is 12.2 Å². The zero-order chi connectivity index (χ0) is 25.2. The standard InChI is InChI=1S/C28H30N8O/c1-2-22-27-23(32-28(37)25-17-30-26-11-3-4-14-35(25)26)9-6-10-24(27)36(33-22)19-21-8-5-7-20(31-21)18-34-15-12-29-13-16-34/h3-11,14,17,29H,2,12-13,15-16,18-19H2,1H3,(H,32,37). The lowest BCUT2D eigenvalue weighted by molar-refractivity contribution is 0.102. The van der Waals surface area contributed by atoms with Gasteiger partial charge in [-0.3, -0.25) is 23.8 Å². The molecule has 2 N–H and O–H groups in total. The van der Waals surface area contributed by atoms with E-state index in [9.17, 15) is 4.79 Å². The van der Waals surface area contributed by atoms with Crippen molar-refractivity contribution in [1.82, 2.24) is 34.4 Å². The first-order chi connectivity index (χ1) is 18.2. The highest BCUT2D eigenvalue weighted by Crippen LogP contribution is 2.28. The Labute approximate surface area is 215 Å². The molecule has 0 spiro atoms. The molecule has 1 saturated heterocycles. The average molecular weight is 495 g/mol. The van der Waals surface area contributed by atoms with Gasteiger partial charge in [0.25, 0.3) is 5.91 Å². The predicted molar refractivity (Wildman–Crippen MR) is 144 cm³/mol. The van der Waals surface area contributed by atoms with Crippen molar-refractivity contribution in [3.8, 4) is 0 Å². The molecule has 0 radical (unpaired) electrons. The topological polar surface area (TPSA) is 92.4 Å². The molecule has 0 aliphatic carbocycles. The van der Waals surface area contributed by atoms with Crippen molar-refractivity contribution in [2.24, 2.45) is 0 Å². The second-order valence-corrected chi connectivity index (χ2v) is 9.33. The van der Waals surface area contributed by atoms with Gasteiger partial charge >= 0.3 is 0 Å². The number of hydrogen-bond donors (Lipinski definition) is 2. The van der Waals surface area contributed by atoms with Crippen LogP contribution in [0.15, 0.2) is 67.0 Å². The highest BCUT2D eigenvalue weighted by atomic mass is 16.2. The van der Waals surface area contributed by atoms with E-state index in [4.69, 9.17) is 10.1 Å². The average Bonchev–Trinajstić information content (AvgIpc) is 3.52. The molecule has 9 nitrogen and oxygen atoms in total. The Morgan fingerprint density at radius 2 is 1.81 bits per heavy atom. The fourth-order valence-electron chi connectivity index (χ4n) is 5.02. The molecule has 9 heteroatoms. The number of aryl methyl sites for hydroxylation is 1. The van der Waals surface area contributed by atoms with E-state index >= 15 is 0 Å². The first kappa shape index (κ1) is 23.3. The van der Waals surface area contributed by atoms with E-state index in [2.05, 4.69) is 51.7 Å². The lowest BCUT2D eigenvalue weighted by atomic mass is 10.1. The number of anilines is 1. The number of aromatic nitrogens is 5. The van der Waals surface area contributed by atoms with Gasteiger partial charge in [0.05, 0.1) is 41.0 Å². The fraction of sp³-hybridized carbons (Fsp3) is 0.286. The lowest BCUT2D eigenvalue weighted by Gasteiger charge is -2.26. The molecule has 0 atom stereocenters. The first-order valence-corrected chi connectivity index (χ1v) is 12.8. The summed E-state index contributed by atoms with van der Waals surface area (Å²) in [6.07, 6.45) is 4.20. The lowest BCUT2D eigenvalue weighted by Crippen LogP contribution is -2.43. The van der Waals surface area contributed by atoms with Gasteiger partial charge in [-0.25, -0.2) is 4.98 Å². The molecule has 5 heterocycles. The Morgan fingerprint density at radius 1 is 1.00 bits per heavy atom. The molecule has 0 saturated carbocycles. The van der Waals surface area contributed by atoms with Gasteiger partial charge in [-0.15, -0.1) is 0 Å². The van der Waals surface area contributed by atoms with Crippen LogP contribution in [0.4, 0.5) is 5.69 Å². The molecule has 4 aromatic heterocycles. The van der Waals surface area contributed by atoms with Gasteiger partial charge < -0.3 is 10.6 Å². The number of piperazine rings is 1. The summed E-state index contributed by atoms with van der Waals surface area (Å²) < 4.78 is 3.79. The largest absolute Gasteiger partial charge is 0.320 e. The van der Waals surface area contributed by atoms with Crippen LogP contribution in [0.2, 0.25) is 0 Å². The van der Waals surface area contributed by atoms with Crippen LogP contribution in [0.25, 0.3) is 16.6 Å². The Hall–Kier alpha value is -4.08. The van der Waals surface area contributed by atoms with Gasteiger partial charge in [-0.1, -0.05) is 25.1 Å². The zero-order valence-electron chi connectivity index (χ0n) is 20.9. The van der Waals surface area contributed by atoms with Crippen LogP contribution in [-0.2, 0) is 19.5 Å². The fourth-order valence-corrected chi connectivity index (χ4v) is 5.02. The number of hydrogen-bond acceptors (Lipinski definition) is 6. The Balaban J connectivity index is 1.28. The Bertz CT molecular complexity index is 1560. The number of carbonyl (C=O) groups excluding carboxylic acids is 1. The van der Waals surface area contributed by atoms with Crippen molar-refractivity contribution < 1.29 is 4.79 Å². The molecular weight excluding hydrogens is 464 g/mol. The Morgan fingerprint density at radius 3 is 2.65 bits per heavy atom. The molecule has 0 bridgehead atoms. The van der Waals surface area contributed by atoms with Crippen molar-refractivity contribution in [3.63, 3.8) is 0 Å². The van der Waals surface area contributed by atoms with Crippen LogP contribution in [-0.4, -0.2) is 61.1 Å². The second-order valence-electron chi connectivity index (χ2n) is 9.33. The number of nitrogens with one attached hydrogen (secondary N) is 2. The number of imidazole rings is 1. The molecule has 6 rings (SSSR count). The smallest absolute Gasteiger partial charge is 0.274 e. The van der Waals surface area contributed by atoms with Crippen LogP contribution in [0.5, 0.6) is 0 Å². The van der Waals surface area contributed by atoms with Gasteiger partial charge in [0.2, 0.25) is 0 Å². The van der Waals surface area contributed by atoms with Gasteiger partial charge in [-0.05, 0) is 42.8 Å². The molecule has 5 aromatic rings. The highest BCUT2D eigenvalue weighted by molar-refractivity contribution is 6.08. The molecular formula is C28H30N8O. The quantitative estimate of drug-likeness (QED) is 0.361. The third kappa shape index (κ3) is 4.71.